The zero-order valence-electron chi connectivity index (χ0n) is 18.7. The maximum atomic E-state index is 11.6. The average molecular weight is 421 g/mol. The molecule has 0 aliphatic carbocycles. The average Bonchev–Trinajstić information content (AvgIpc) is 2.64. The van der Waals surface area contributed by atoms with Crippen molar-refractivity contribution < 1.29 is 18.1 Å². The van der Waals surface area contributed by atoms with Gasteiger partial charge in [-0.2, -0.15) is 8.42 Å². The zero-order chi connectivity index (χ0) is 21.1. The Balaban J connectivity index is 3.83. The Morgan fingerprint density at radius 2 is 0.929 bits per heavy atom. The van der Waals surface area contributed by atoms with Crippen LogP contribution in [0.25, 0.3) is 0 Å². The Morgan fingerprint density at radius 1 is 0.571 bits per heavy atom. The summed E-state index contributed by atoms with van der Waals surface area (Å²) in [5.41, 5.74) is 0. The van der Waals surface area contributed by atoms with Gasteiger partial charge in [0.2, 0.25) is 0 Å². The van der Waals surface area contributed by atoms with Crippen LogP contribution in [0.4, 0.5) is 0 Å². The highest BCUT2D eigenvalue weighted by molar-refractivity contribution is 7.86. The zero-order valence-corrected chi connectivity index (χ0v) is 19.5. The highest BCUT2D eigenvalue weighted by atomic mass is 32.2. The summed E-state index contributed by atoms with van der Waals surface area (Å²) in [4.78, 5) is 0. The van der Waals surface area contributed by atoms with E-state index in [-0.39, 0.29) is 6.10 Å². The lowest BCUT2D eigenvalue weighted by Crippen LogP contribution is -2.21. The molecule has 0 aliphatic rings. The summed E-state index contributed by atoms with van der Waals surface area (Å²) in [5.74, 6) is 0. The number of rotatable bonds is 21. The third kappa shape index (κ3) is 17.9. The van der Waals surface area contributed by atoms with Crippen molar-refractivity contribution in [3.05, 3.63) is 0 Å². The fourth-order valence-electron chi connectivity index (χ4n) is 3.83. The molecule has 5 heteroatoms. The second-order valence-electron chi connectivity index (χ2n) is 8.54. The van der Waals surface area contributed by atoms with E-state index in [9.17, 15) is 18.1 Å². The molecule has 28 heavy (non-hydrogen) atoms. The van der Waals surface area contributed by atoms with Gasteiger partial charge in [0.05, 0.1) is 11.4 Å². The summed E-state index contributed by atoms with van der Waals surface area (Å²) in [7, 11) is -3.98. The van der Waals surface area contributed by atoms with Crippen LogP contribution in [0, 0.1) is 0 Å². The van der Waals surface area contributed by atoms with Crippen LogP contribution in [0.15, 0.2) is 0 Å². The predicted molar refractivity (Wildman–Crippen MR) is 120 cm³/mol. The third-order valence-corrected chi connectivity index (χ3v) is 7.07. The first-order chi connectivity index (χ1) is 13.4. The number of hydrogen-bond acceptors (Lipinski definition) is 3. The number of aliphatic hydroxyl groups excluding tert-OH is 1. The molecular weight excluding hydrogens is 372 g/mol. The van der Waals surface area contributed by atoms with Crippen LogP contribution in [-0.4, -0.2) is 29.4 Å². The molecule has 0 aromatic heterocycles. The molecule has 170 valence electrons. The van der Waals surface area contributed by atoms with Crippen LogP contribution in [-0.2, 0) is 10.1 Å². The van der Waals surface area contributed by atoms with E-state index in [0.29, 0.717) is 25.7 Å². The first-order valence-electron chi connectivity index (χ1n) is 12.1. The van der Waals surface area contributed by atoms with Gasteiger partial charge in [0.1, 0.15) is 0 Å². The quantitative estimate of drug-likeness (QED) is 0.154. The van der Waals surface area contributed by atoms with E-state index in [1.807, 2.05) is 0 Å². The minimum Gasteiger partial charge on any atom is -0.393 e. The van der Waals surface area contributed by atoms with Gasteiger partial charge in [0, 0.05) is 0 Å². The molecule has 2 unspecified atom stereocenters. The van der Waals surface area contributed by atoms with Gasteiger partial charge < -0.3 is 5.11 Å². The molecule has 2 N–H and O–H groups in total. The van der Waals surface area contributed by atoms with Crippen molar-refractivity contribution in [3.8, 4) is 0 Å². The molecule has 0 saturated heterocycles. The van der Waals surface area contributed by atoms with Crippen molar-refractivity contribution in [2.75, 3.05) is 0 Å². The molecule has 0 spiro atoms. The lowest BCUT2D eigenvalue weighted by atomic mass is 10.0. The first-order valence-corrected chi connectivity index (χ1v) is 13.6. The van der Waals surface area contributed by atoms with Gasteiger partial charge in [-0.25, -0.2) is 0 Å². The Kier molecular flexibility index (Phi) is 18.8. The van der Waals surface area contributed by atoms with Crippen LogP contribution in [0.1, 0.15) is 136 Å². The summed E-state index contributed by atoms with van der Waals surface area (Å²) < 4.78 is 32.8. The van der Waals surface area contributed by atoms with E-state index in [4.69, 9.17) is 0 Å². The Hall–Kier alpha value is -0.130. The monoisotopic (exact) mass is 420 g/mol. The van der Waals surface area contributed by atoms with Crippen LogP contribution in [0.3, 0.4) is 0 Å². The molecule has 0 fully saturated rings. The summed E-state index contributed by atoms with van der Waals surface area (Å²) in [6, 6.07) is 0. The summed E-state index contributed by atoms with van der Waals surface area (Å²) in [6.07, 6.45) is 19.5. The molecule has 0 heterocycles. The molecule has 2 atom stereocenters. The van der Waals surface area contributed by atoms with E-state index in [1.54, 1.807) is 0 Å². The molecule has 0 aliphatic heterocycles. The summed E-state index contributed by atoms with van der Waals surface area (Å²) in [5, 5.41) is 9.40. The second kappa shape index (κ2) is 18.9. The van der Waals surface area contributed by atoms with Crippen molar-refractivity contribution in [2.45, 2.75) is 147 Å². The first kappa shape index (κ1) is 27.9. The van der Waals surface area contributed by atoms with Crippen molar-refractivity contribution in [1.29, 1.82) is 0 Å². The maximum absolute atomic E-state index is 11.6. The van der Waals surface area contributed by atoms with Gasteiger partial charge in [-0.15, -0.1) is 0 Å². The Labute approximate surface area is 175 Å². The van der Waals surface area contributed by atoms with E-state index in [2.05, 4.69) is 13.8 Å². The lowest BCUT2D eigenvalue weighted by molar-refractivity contribution is 0.147. The minimum atomic E-state index is -3.98. The SMILES string of the molecule is CCCCCCCCCCCC(CCCC(O)CCCCCCC)S(=O)(=O)O. The van der Waals surface area contributed by atoms with Crippen molar-refractivity contribution in [1.82, 2.24) is 0 Å². The minimum absolute atomic E-state index is 0.337. The number of unbranched alkanes of at least 4 members (excludes halogenated alkanes) is 12. The summed E-state index contributed by atoms with van der Waals surface area (Å²) in [6.45, 7) is 4.41. The van der Waals surface area contributed by atoms with Gasteiger partial charge in [0.15, 0.2) is 0 Å². The van der Waals surface area contributed by atoms with Gasteiger partial charge in [-0.3, -0.25) is 4.55 Å². The van der Waals surface area contributed by atoms with Crippen LogP contribution in [0.5, 0.6) is 0 Å². The third-order valence-electron chi connectivity index (χ3n) is 5.76. The normalized spacial score (nSPS) is 14.3. The molecule has 0 amide bonds. The molecule has 0 saturated carbocycles. The van der Waals surface area contributed by atoms with Crippen LogP contribution < -0.4 is 0 Å². The molecule has 0 aromatic rings. The molecule has 0 rings (SSSR count). The smallest absolute Gasteiger partial charge is 0.267 e. The number of hydrogen-bond donors (Lipinski definition) is 2. The van der Waals surface area contributed by atoms with Gasteiger partial charge in [0.25, 0.3) is 10.1 Å². The van der Waals surface area contributed by atoms with Gasteiger partial charge in [-0.1, -0.05) is 104 Å². The Bertz CT molecular complexity index is 422. The van der Waals surface area contributed by atoms with E-state index in [0.717, 1.165) is 38.5 Å². The molecule has 4 nitrogen and oxygen atoms in total. The van der Waals surface area contributed by atoms with Crippen molar-refractivity contribution >= 4 is 10.1 Å². The second-order valence-corrected chi connectivity index (χ2v) is 10.2. The largest absolute Gasteiger partial charge is 0.393 e. The summed E-state index contributed by atoms with van der Waals surface area (Å²) >= 11 is 0. The molecule has 0 aromatic carbocycles. The van der Waals surface area contributed by atoms with E-state index < -0.39 is 15.4 Å². The van der Waals surface area contributed by atoms with E-state index >= 15 is 0 Å². The van der Waals surface area contributed by atoms with Crippen molar-refractivity contribution in [2.24, 2.45) is 0 Å². The topological polar surface area (TPSA) is 74.6 Å². The van der Waals surface area contributed by atoms with Crippen LogP contribution in [0.2, 0.25) is 0 Å². The maximum Gasteiger partial charge on any atom is 0.267 e. The van der Waals surface area contributed by atoms with E-state index in [1.165, 1.54) is 57.8 Å². The standard InChI is InChI=1S/C23H48O4S/c1-3-5-7-9-10-11-12-14-16-20-23(28(25,26)27)21-17-19-22(24)18-15-13-8-6-4-2/h22-24H,3-21H2,1-2H3,(H,25,26,27). The molecule has 0 bridgehead atoms. The van der Waals surface area contributed by atoms with Crippen LogP contribution >= 0.6 is 0 Å². The fourth-order valence-corrected chi connectivity index (χ4v) is 4.76. The number of aliphatic hydroxyl groups is 1. The fraction of sp³-hybridized carbons (Fsp3) is 1.00. The van der Waals surface area contributed by atoms with Gasteiger partial charge in [-0.05, 0) is 32.1 Å². The molecule has 0 radical (unpaired) electrons. The predicted octanol–water partition coefficient (Wildman–Crippen LogP) is 7.06. The van der Waals surface area contributed by atoms with Crippen molar-refractivity contribution in [3.63, 3.8) is 0 Å². The molecular formula is C23H48O4S. The lowest BCUT2D eigenvalue weighted by Gasteiger charge is -2.15. The highest BCUT2D eigenvalue weighted by Gasteiger charge is 2.22. The highest BCUT2D eigenvalue weighted by Crippen LogP contribution is 2.20. The van der Waals surface area contributed by atoms with Gasteiger partial charge >= 0.3 is 0 Å². The Morgan fingerprint density at radius 3 is 1.39 bits per heavy atom.